The number of halogens is 1. The van der Waals surface area contributed by atoms with Crippen LogP contribution in [-0.4, -0.2) is 40.9 Å². The van der Waals surface area contributed by atoms with Crippen molar-refractivity contribution in [3.05, 3.63) is 77.4 Å². The number of hydrogen-bond acceptors (Lipinski definition) is 5. The highest BCUT2D eigenvalue weighted by atomic mass is 19.1. The largest absolute Gasteiger partial charge is 0.364 e. The van der Waals surface area contributed by atoms with Gasteiger partial charge in [0.2, 0.25) is 0 Å². The normalized spacial score (nSPS) is 15.9. The van der Waals surface area contributed by atoms with Crippen molar-refractivity contribution in [1.29, 1.82) is 0 Å². The van der Waals surface area contributed by atoms with E-state index in [1.54, 1.807) is 12.4 Å². The van der Waals surface area contributed by atoms with Crippen molar-refractivity contribution in [2.75, 3.05) is 6.61 Å². The molecular weight excluding hydrogens is 409 g/mol. The zero-order valence-electron chi connectivity index (χ0n) is 17.6. The molecule has 0 saturated carbocycles. The lowest BCUT2D eigenvalue weighted by molar-refractivity contribution is 0.0386. The van der Waals surface area contributed by atoms with Crippen LogP contribution < -0.4 is 0 Å². The molecule has 0 amide bonds. The van der Waals surface area contributed by atoms with E-state index < -0.39 is 0 Å². The molecule has 160 valence electrons. The first-order chi connectivity index (χ1) is 15.5. The number of hydrogen-bond donors (Lipinski definition) is 1. The van der Waals surface area contributed by atoms with Gasteiger partial charge >= 0.3 is 0 Å². The van der Waals surface area contributed by atoms with Crippen molar-refractivity contribution in [3.63, 3.8) is 0 Å². The van der Waals surface area contributed by atoms with Crippen LogP contribution in [0.5, 0.6) is 0 Å². The number of rotatable bonds is 3. The van der Waals surface area contributed by atoms with Crippen molar-refractivity contribution >= 4 is 11.0 Å². The number of nitrogens with zero attached hydrogens (tertiary/aromatic N) is 6. The number of ether oxygens (including phenoxy) is 1. The minimum atomic E-state index is -0.385. The number of fused-ring (bicyclic) bond motifs is 2. The highest BCUT2D eigenvalue weighted by molar-refractivity contribution is 5.81. The maximum Gasteiger partial charge on any atom is 0.198 e. The van der Waals surface area contributed by atoms with Gasteiger partial charge in [0, 0.05) is 6.20 Å². The molecule has 1 aliphatic rings. The molecule has 1 unspecified atom stereocenters. The SMILES string of the molecule is Cc1cn(-c2ccc3[nH]c(-c4nc5n(n4)CCOC5c4ccc(F)cc4C)cc3n2)cn1. The third-order valence-corrected chi connectivity index (χ3v) is 5.71. The minimum Gasteiger partial charge on any atom is -0.364 e. The van der Waals surface area contributed by atoms with E-state index in [9.17, 15) is 4.39 Å². The van der Waals surface area contributed by atoms with Gasteiger partial charge in [0.25, 0.3) is 0 Å². The summed E-state index contributed by atoms with van der Waals surface area (Å²) in [6.07, 6.45) is 3.30. The van der Waals surface area contributed by atoms with Crippen molar-refractivity contribution in [3.8, 4) is 17.3 Å². The topological polar surface area (TPSA) is 86.4 Å². The number of pyridine rings is 1. The Morgan fingerprint density at radius 2 is 2.03 bits per heavy atom. The van der Waals surface area contributed by atoms with E-state index in [1.807, 2.05) is 47.5 Å². The zero-order valence-corrected chi connectivity index (χ0v) is 17.6. The van der Waals surface area contributed by atoms with Gasteiger partial charge < -0.3 is 9.72 Å². The first-order valence-corrected chi connectivity index (χ1v) is 10.4. The summed E-state index contributed by atoms with van der Waals surface area (Å²) in [4.78, 5) is 17.1. The predicted octanol–water partition coefficient (Wildman–Crippen LogP) is 3.88. The van der Waals surface area contributed by atoms with Gasteiger partial charge in [-0.15, -0.1) is 5.10 Å². The van der Waals surface area contributed by atoms with Crippen molar-refractivity contribution in [2.24, 2.45) is 0 Å². The average molecular weight is 429 g/mol. The molecule has 4 aromatic heterocycles. The predicted molar refractivity (Wildman–Crippen MR) is 116 cm³/mol. The maximum atomic E-state index is 13.6. The van der Waals surface area contributed by atoms with Crippen LogP contribution in [0, 0.1) is 19.7 Å². The van der Waals surface area contributed by atoms with Crippen LogP contribution in [0.15, 0.2) is 48.9 Å². The molecule has 0 spiro atoms. The van der Waals surface area contributed by atoms with Crippen LogP contribution in [-0.2, 0) is 11.3 Å². The van der Waals surface area contributed by atoms with E-state index >= 15 is 0 Å². The summed E-state index contributed by atoms with van der Waals surface area (Å²) >= 11 is 0. The number of benzene rings is 1. The molecule has 5 heterocycles. The van der Waals surface area contributed by atoms with E-state index in [4.69, 9.17) is 19.8 Å². The number of H-pyrrole nitrogens is 1. The van der Waals surface area contributed by atoms with Crippen LogP contribution >= 0.6 is 0 Å². The smallest absolute Gasteiger partial charge is 0.198 e. The highest BCUT2D eigenvalue weighted by Gasteiger charge is 2.28. The molecule has 1 N–H and O–H groups in total. The maximum absolute atomic E-state index is 13.6. The second-order valence-electron chi connectivity index (χ2n) is 7.98. The first-order valence-electron chi connectivity index (χ1n) is 10.4. The van der Waals surface area contributed by atoms with E-state index in [2.05, 4.69) is 9.97 Å². The van der Waals surface area contributed by atoms with Crippen LogP contribution in [0.1, 0.15) is 28.7 Å². The molecule has 32 heavy (non-hydrogen) atoms. The molecule has 1 aromatic carbocycles. The lowest BCUT2D eigenvalue weighted by Gasteiger charge is -2.24. The molecule has 6 rings (SSSR count). The number of aromatic nitrogens is 7. The summed E-state index contributed by atoms with van der Waals surface area (Å²) in [7, 11) is 0. The molecule has 0 bridgehead atoms. The third kappa shape index (κ3) is 3.09. The summed E-state index contributed by atoms with van der Waals surface area (Å²) < 4.78 is 23.4. The molecule has 8 nitrogen and oxygen atoms in total. The number of imidazole rings is 1. The molecule has 0 radical (unpaired) electrons. The van der Waals surface area contributed by atoms with Crippen molar-refractivity contribution in [1.82, 2.24) is 34.3 Å². The van der Waals surface area contributed by atoms with Gasteiger partial charge in [-0.05, 0) is 55.3 Å². The van der Waals surface area contributed by atoms with Gasteiger partial charge in [-0.1, -0.05) is 6.07 Å². The van der Waals surface area contributed by atoms with Crippen molar-refractivity contribution in [2.45, 2.75) is 26.5 Å². The summed E-state index contributed by atoms with van der Waals surface area (Å²) in [5.74, 6) is 1.82. The Morgan fingerprint density at radius 3 is 2.84 bits per heavy atom. The number of aromatic amines is 1. The standard InChI is InChI=1S/C23H20FN7O/c1-13-9-15(24)3-4-16(13)21-23-28-22(29-31(23)7-8-32-21)19-10-18-17(26-19)5-6-20(27-18)30-11-14(2)25-12-30/h3-6,9-12,21,26H,7-8H2,1-2H3. The van der Waals surface area contributed by atoms with Crippen molar-refractivity contribution < 1.29 is 9.13 Å². The summed E-state index contributed by atoms with van der Waals surface area (Å²) in [6, 6.07) is 10.6. The lowest BCUT2D eigenvalue weighted by atomic mass is 10.0. The summed E-state index contributed by atoms with van der Waals surface area (Å²) in [6.45, 7) is 4.95. The van der Waals surface area contributed by atoms with E-state index in [0.717, 1.165) is 39.4 Å². The minimum absolute atomic E-state index is 0.264. The average Bonchev–Trinajstić information content (AvgIpc) is 3.50. The van der Waals surface area contributed by atoms with Crippen LogP contribution in [0.2, 0.25) is 0 Å². The Balaban J connectivity index is 1.39. The van der Waals surface area contributed by atoms with Gasteiger partial charge in [-0.3, -0.25) is 4.57 Å². The van der Waals surface area contributed by atoms with Crippen LogP contribution in [0.4, 0.5) is 4.39 Å². The quantitative estimate of drug-likeness (QED) is 0.470. The third-order valence-electron chi connectivity index (χ3n) is 5.71. The highest BCUT2D eigenvalue weighted by Crippen LogP contribution is 2.32. The summed E-state index contributed by atoms with van der Waals surface area (Å²) in [5, 5.41) is 4.70. The van der Waals surface area contributed by atoms with E-state index in [0.29, 0.717) is 24.8 Å². The second-order valence-corrected chi connectivity index (χ2v) is 7.98. The lowest BCUT2D eigenvalue weighted by Crippen LogP contribution is -2.24. The first kappa shape index (κ1) is 18.9. The Labute approximate surface area is 182 Å². The molecule has 0 aliphatic carbocycles. The summed E-state index contributed by atoms with van der Waals surface area (Å²) in [5.41, 5.74) is 5.15. The van der Waals surface area contributed by atoms with Gasteiger partial charge in [0.1, 0.15) is 24.1 Å². The van der Waals surface area contributed by atoms with Gasteiger partial charge in [-0.2, -0.15) is 0 Å². The Hall–Kier alpha value is -3.85. The van der Waals surface area contributed by atoms with Crippen LogP contribution in [0.3, 0.4) is 0 Å². The monoisotopic (exact) mass is 429 g/mol. The molecular formula is C23H20FN7O. The fraction of sp³-hybridized carbons (Fsp3) is 0.217. The molecule has 0 fully saturated rings. The number of aryl methyl sites for hydroxylation is 2. The van der Waals surface area contributed by atoms with Gasteiger partial charge in [-0.25, -0.2) is 24.0 Å². The fourth-order valence-corrected chi connectivity index (χ4v) is 4.13. The molecule has 1 aliphatic heterocycles. The van der Waals surface area contributed by atoms with E-state index in [-0.39, 0.29) is 11.9 Å². The fourth-order valence-electron chi connectivity index (χ4n) is 4.13. The van der Waals surface area contributed by atoms with Crippen LogP contribution in [0.25, 0.3) is 28.4 Å². The molecule has 5 aromatic rings. The van der Waals surface area contributed by atoms with Gasteiger partial charge in [0.15, 0.2) is 11.6 Å². The molecule has 9 heteroatoms. The Bertz CT molecular complexity index is 1460. The Kier molecular flexibility index (Phi) is 4.19. The van der Waals surface area contributed by atoms with Gasteiger partial charge in [0.05, 0.1) is 35.6 Å². The second kappa shape index (κ2) is 7.10. The molecule has 1 atom stereocenters. The van der Waals surface area contributed by atoms with E-state index in [1.165, 1.54) is 12.1 Å². The Morgan fingerprint density at radius 1 is 1.12 bits per heavy atom. The molecule has 0 saturated heterocycles. The number of nitrogens with one attached hydrogen (secondary N) is 1. The zero-order chi connectivity index (χ0) is 21.8.